The van der Waals surface area contributed by atoms with E-state index in [9.17, 15) is 35.2 Å². The van der Waals surface area contributed by atoms with Crippen molar-refractivity contribution < 1.29 is 35.2 Å². The lowest BCUT2D eigenvalue weighted by molar-refractivity contribution is -0.139. The summed E-state index contributed by atoms with van der Waals surface area (Å²) in [6.45, 7) is -0.325. The van der Waals surface area contributed by atoms with Crippen molar-refractivity contribution in [1.82, 2.24) is 4.31 Å². The molecule has 0 atom stereocenters. The summed E-state index contributed by atoms with van der Waals surface area (Å²) in [6.07, 6.45) is -4.73. The third kappa shape index (κ3) is 4.78. The SMILES string of the molecule is O=C(Nc1cc(F)cc(F)c1)C1CCN(S(=O)(=O)c2ccccc2C(F)(F)F)CC1. The first-order chi connectivity index (χ1) is 14.0. The van der Waals surface area contributed by atoms with E-state index in [0.29, 0.717) is 12.1 Å². The van der Waals surface area contributed by atoms with Crippen LogP contribution in [0.2, 0.25) is 0 Å². The Bertz CT molecular complexity index is 1030. The van der Waals surface area contributed by atoms with Gasteiger partial charge in [0.25, 0.3) is 0 Å². The smallest absolute Gasteiger partial charge is 0.326 e. The second-order valence-electron chi connectivity index (χ2n) is 6.82. The average molecular weight is 448 g/mol. The van der Waals surface area contributed by atoms with Crippen LogP contribution in [-0.4, -0.2) is 31.7 Å². The molecule has 1 aliphatic rings. The number of carbonyl (C=O) groups is 1. The molecule has 1 amide bonds. The Hall–Kier alpha value is -2.53. The molecule has 0 saturated carbocycles. The zero-order valence-electron chi connectivity index (χ0n) is 15.4. The van der Waals surface area contributed by atoms with Gasteiger partial charge in [-0.05, 0) is 37.1 Å². The largest absolute Gasteiger partial charge is 0.417 e. The monoisotopic (exact) mass is 448 g/mol. The van der Waals surface area contributed by atoms with Crippen LogP contribution in [0.15, 0.2) is 47.4 Å². The maximum Gasteiger partial charge on any atom is 0.417 e. The quantitative estimate of drug-likeness (QED) is 0.719. The molecule has 0 unspecified atom stereocenters. The van der Waals surface area contributed by atoms with Crippen molar-refractivity contribution in [2.75, 3.05) is 18.4 Å². The molecule has 1 N–H and O–H groups in total. The molecule has 0 aromatic heterocycles. The van der Waals surface area contributed by atoms with Crippen molar-refractivity contribution in [3.63, 3.8) is 0 Å². The molecule has 3 rings (SSSR count). The summed E-state index contributed by atoms with van der Waals surface area (Å²) >= 11 is 0. The van der Waals surface area contributed by atoms with Gasteiger partial charge in [0.2, 0.25) is 15.9 Å². The molecule has 2 aromatic rings. The van der Waals surface area contributed by atoms with Gasteiger partial charge in [0.1, 0.15) is 11.6 Å². The van der Waals surface area contributed by atoms with Gasteiger partial charge in [-0.1, -0.05) is 12.1 Å². The molecule has 1 aliphatic heterocycles. The number of benzene rings is 2. The van der Waals surface area contributed by atoms with Gasteiger partial charge in [0.05, 0.1) is 10.5 Å². The number of nitrogens with zero attached hydrogens (tertiary/aromatic N) is 1. The highest BCUT2D eigenvalue weighted by atomic mass is 32.2. The van der Waals surface area contributed by atoms with Crippen LogP contribution in [0.4, 0.5) is 27.6 Å². The lowest BCUT2D eigenvalue weighted by Gasteiger charge is -2.31. The first kappa shape index (κ1) is 22.2. The van der Waals surface area contributed by atoms with Crippen molar-refractivity contribution in [3.05, 3.63) is 59.7 Å². The van der Waals surface area contributed by atoms with Crippen molar-refractivity contribution in [2.45, 2.75) is 23.9 Å². The molecule has 0 bridgehead atoms. The summed E-state index contributed by atoms with van der Waals surface area (Å²) in [5.74, 6) is -2.93. The highest BCUT2D eigenvalue weighted by Gasteiger charge is 2.40. The summed E-state index contributed by atoms with van der Waals surface area (Å²) in [7, 11) is -4.41. The molecule has 1 saturated heterocycles. The number of carbonyl (C=O) groups excluding carboxylic acids is 1. The summed E-state index contributed by atoms with van der Waals surface area (Å²) < 4.78 is 92.4. The Morgan fingerprint density at radius 2 is 1.57 bits per heavy atom. The van der Waals surface area contributed by atoms with E-state index in [1.54, 1.807) is 0 Å². The van der Waals surface area contributed by atoms with Gasteiger partial charge in [0.15, 0.2) is 0 Å². The van der Waals surface area contributed by atoms with Gasteiger partial charge in [-0.15, -0.1) is 0 Å². The molecule has 2 aromatic carbocycles. The first-order valence-electron chi connectivity index (χ1n) is 8.92. The highest BCUT2D eigenvalue weighted by Crippen LogP contribution is 2.36. The third-order valence-electron chi connectivity index (χ3n) is 4.77. The van der Waals surface area contributed by atoms with E-state index in [2.05, 4.69) is 5.32 Å². The van der Waals surface area contributed by atoms with Crippen molar-refractivity contribution in [1.29, 1.82) is 0 Å². The van der Waals surface area contributed by atoms with E-state index in [1.165, 1.54) is 6.07 Å². The van der Waals surface area contributed by atoms with Gasteiger partial charge in [-0.3, -0.25) is 4.79 Å². The third-order valence-corrected chi connectivity index (χ3v) is 6.72. The molecule has 162 valence electrons. The van der Waals surface area contributed by atoms with E-state index in [0.717, 1.165) is 28.6 Å². The minimum atomic E-state index is -4.83. The predicted molar refractivity (Wildman–Crippen MR) is 97.9 cm³/mol. The lowest BCUT2D eigenvalue weighted by atomic mass is 9.97. The van der Waals surface area contributed by atoms with Crippen LogP contribution in [0.5, 0.6) is 0 Å². The summed E-state index contributed by atoms with van der Waals surface area (Å²) in [6, 6.07) is 6.44. The number of halogens is 5. The number of hydrogen-bond acceptors (Lipinski definition) is 3. The lowest BCUT2D eigenvalue weighted by Crippen LogP contribution is -2.41. The van der Waals surface area contributed by atoms with Crippen LogP contribution in [0, 0.1) is 17.6 Å². The molecular weight excluding hydrogens is 431 g/mol. The molecule has 5 nitrogen and oxygen atoms in total. The van der Waals surface area contributed by atoms with Crippen LogP contribution in [0.3, 0.4) is 0 Å². The van der Waals surface area contributed by atoms with E-state index in [4.69, 9.17) is 0 Å². The zero-order valence-corrected chi connectivity index (χ0v) is 16.2. The number of alkyl halides is 3. The molecule has 1 heterocycles. The molecule has 30 heavy (non-hydrogen) atoms. The van der Waals surface area contributed by atoms with Crippen molar-refractivity contribution in [3.8, 4) is 0 Å². The zero-order chi connectivity index (χ0) is 22.1. The Kier molecular flexibility index (Phi) is 6.14. The van der Waals surface area contributed by atoms with Gasteiger partial charge in [-0.25, -0.2) is 17.2 Å². The number of amides is 1. The van der Waals surface area contributed by atoms with Gasteiger partial charge < -0.3 is 5.32 Å². The van der Waals surface area contributed by atoms with E-state index in [1.807, 2.05) is 0 Å². The Morgan fingerprint density at radius 1 is 1.00 bits per heavy atom. The molecule has 0 spiro atoms. The standard InChI is InChI=1S/C19H17F5N2O3S/c20-13-9-14(21)11-15(10-13)25-18(27)12-5-7-26(8-6-12)30(28,29)17-4-2-1-3-16(17)19(22,23)24/h1-4,9-12H,5-8H2,(H,25,27). The Balaban J connectivity index is 1.70. The molecule has 1 fully saturated rings. The van der Waals surface area contributed by atoms with Gasteiger partial charge in [-0.2, -0.15) is 17.5 Å². The van der Waals surface area contributed by atoms with Crippen LogP contribution >= 0.6 is 0 Å². The van der Waals surface area contributed by atoms with Crippen LogP contribution < -0.4 is 5.32 Å². The van der Waals surface area contributed by atoms with Crippen LogP contribution in [-0.2, 0) is 21.0 Å². The Labute approximate surface area is 169 Å². The molecule has 11 heteroatoms. The number of anilines is 1. The maximum absolute atomic E-state index is 13.2. The van der Waals surface area contributed by atoms with Crippen molar-refractivity contribution in [2.24, 2.45) is 5.92 Å². The van der Waals surface area contributed by atoms with Crippen LogP contribution in [0.25, 0.3) is 0 Å². The molecular formula is C19H17F5N2O3S. The van der Waals surface area contributed by atoms with Crippen LogP contribution in [0.1, 0.15) is 18.4 Å². The highest BCUT2D eigenvalue weighted by molar-refractivity contribution is 7.89. The number of piperidine rings is 1. The second-order valence-corrected chi connectivity index (χ2v) is 8.73. The topological polar surface area (TPSA) is 66.5 Å². The first-order valence-corrected chi connectivity index (χ1v) is 10.4. The van der Waals surface area contributed by atoms with E-state index in [-0.39, 0.29) is 31.6 Å². The minimum absolute atomic E-state index is 0.0526. The maximum atomic E-state index is 13.2. The van der Waals surface area contributed by atoms with Gasteiger partial charge in [0, 0.05) is 30.8 Å². The summed E-state index contributed by atoms with van der Waals surface area (Å²) in [4.78, 5) is 11.5. The predicted octanol–water partition coefficient (Wildman–Crippen LogP) is 4.02. The average Bonchev–Trinajstić information content (AvgIpc) is 2.66. The van der Waals surface area contributed by atoms with E-state index < -0.39 is 50.1 Å². The summed E-state index contributed by atoms with van der Waals surface area (Å²) in [5, 5.41) is 2.37. The number of rotatable bonds is 4. The van der Waals surface area contributed by atoms with Crippen molar-refractivity contribution >= 4 is 21.6 Å². The summed E-state index contributed by atoms with van der Waals surface area (Å²) in [5.41, 5.74) is -1.33. The fourth-order valence-electron chi connectivity index (χ4n) is 3.29. The number of nitrogens with one attached hydrogen (secondary N) is 1. The number of hydrogen-bond donors (Lipinski definition) is 1. The number of sulfonamides is 1. The van der Waals surface area contributed by atoms with E-state index >= 15 is 0 Å². The fourth-order valence-corrected chi connectivity index (χ4v) is 4.98. The van der Waals surface area contributed by atoms with Gasteiger partial charge >= 0.3 is 6.18 Å². The second kappa shape index (κ2) is 8.31. The molecule has 0 aliphatic carbocycles. The normalized spacial score (nSPS) is 16.4. The fraction of sp³-hybridized carbons (Fsp3) is 0.316. The molecule has 0 radical (unpaired) electrons. The Morgan fingerprint density at radius 3 is 2.13 bits per heavy atom. The minimum Gasteiger partial charge on any atom is -0.326 e.